The Morgan fingerprint density at radius 2 is 1.68 bits per heavy atom. The molecular formula is C26H26N2O5S. The number of nitrogens with zero attached hydrogens (tertiary/aromatic N) is 1. The summed E-state index contributed by atoms with van der Waals surface area (Å²) in [5, 5.41) is 9.72. The van der Waals surface area contributed by atoms with Crippen molar-refractivity contribution in [2.45, 2.75) is 26.4 Å². The summed E-state index contributed by atoms with van der Waals surface area (Å²) in [6.45, 7) is 2.21. The first kappa shape index (κ1) is 23.4. The number of nitrogens with one attached hydrogen (secondary N) is 1. The van der Waals surface area contributed by atoms with Gasteiger partial charge in [0.05, 0.1) is 6.20 Å². The molecular weight excluding hydrogens is 452 g/mol. The van der Waals surface area contributed by atoms with E-state index in [9.17, 15) is 18.3 Å². The van der Waals surface area contributed by atoms with E-state index in [0.717, 1.165) is 21.6 Å². The number of hydrogen-bond donors (Lipinski definition) is 2. The van der Waals surface area contributed by atoms with E-state index in [1.165, 1.54) is 0 Å². The Hall–Kier alpha value is -3.78. The Kier molecular flexibility index (Phi) is 6.88. The van der Waals surface area contributed by atoms with Crippen LogP contribution in [0.25, 0.3) is 0 Å². The van der Waals surface area contributed by atoms with E-state index in [0.29, 0.717) is 24.2 Å². The highest BCUT2D eigenvalue weighted by Crippen LogP contribution is 2.35. The molecule has 1 atom stereocenters. The van der Waals surface area contributed by atoms with Crippen LogP contribution in [0, 0.1) is 5.92 Å². The lowest BCUT2D eigenvalue weighted by Crippen LogP contribution is -2.30. The molecule has 0 saturated carbocycles. The molecule has 3 aromatic rings. The number of rotatable bonds is 9. The van der Waals surface area contributed by atoms with Crippen LogP contribution in [0.3, 0.4) is 0 Å². The Bertz CT molecular complexity index is 1290. The number of ether oxygens (including phenoxy) is 1. The van der Waals surface area contributed by atoms with Crippen LogP contribution < -0.4 is 13.8 Å². The van der Waals surface area contributed by atoms with Gasteiger partial charge in [0.2, 0.25) is 5.88 Å². The van der Waals surface area contributed by atoms with Gasteiger partial charge in [0, 0.05) is 11.5 Å². The summed E-state index contributed by atoms with van der Waals surface area (Å²) in [6, 6.07) is 23.9. The fourth-order valence-electron chi connectivity index (χ4n) is 3.85. The summed E-state index contributed by atoms with van der Waals surface area (Å²) in [4.78, 5) is 13.0. The first-order chi connectivity index (χ1) is 16.4. The van der Waals surface area contributed by atoms with Crippen LogP contribution in [0.5, 0.6) is 5.75 Å². The molecule has 0 amide bonds. The van der Waals surface area contributed by atoms with Crippen molar-refractivity contribution in [1.82, 2.24) is 4.72 Å². The summed E-state index contributed by atoms with van der Waals surface area (Å²) < 4.78 is 33.9. The molecule has 1 aliphatic rings. The van der Waals surface area contributed by atoms with E-state index < -0.39 is 16.1 Å². The van der Waals surface area contributed by atoms with E-state index in [4.69, 9.17) is 4.74 Å². The number of carbonyl (C=O) groups is 1. The normalized spacial score (nSPS) is 15.3. The fraction of sp³-hybridized carbons (Fsp3) is 0.192. The van der Waals surface area contributed by atoms with Crippen LogP contribution in [0.2, 0.25) is 0 Å². The summed E-state index contributed by atoms with van der Waals surface area (Å²) in [7, 11) is -3.98. The maximum absolute atomic E-state index is 13.0. The Morgan fingerprint density at radius 1 is 1.00 bits per heavy atom. The molecule has 34 heavy (non-hydrogen) atoms. The predicted molar refractivity (Wildman–Crippen MR) is 131 cm³/mol. The molecule has 1 heterocycles. The van der Waals surface area contributed by atoms with Gasteiger partial charge in [0.15, 0.2) is 5.78 Å². The van der Waals surface area contributed by atoms with Crippen molar-refractivity contribution >= 4 is 21.7 Å². The average Bonchev–Trinajstić information content (AvgIpc) is 3.13. The zero-order valence-electron chi connectivity index (χ0n) is 18.7. The molecule has 0 fully saturated rings. The SMILES string of the molecule is CCC(Cc1ccc(N2C=C(O)NS2(=O)=O)c(OCc2ccccc2)c1)C(=O)c1ccccc1. The quantitative estimate of drug-likeness (QED) is 0.434. The molecule has 0 spiro atoms. The van der Waals surface area contributed by atoms with E-state index in [2.05, 4.69) is 0 Å². The Labute approximate surface area is 199 Å². The smallest absolute Gasteiger partial charge is 0.330 e. The molecule has 3 aromatic carbocycles. The number of ketones is 1. The summed E-state index contributed by atoms with van der Waals surface area (Å²) in [5.41, 5.74) is 2.70. The third-order valence-corrected chi connectivity index (χ3v) is 6.92. The van der Waals surface area contributed by atoms with Gasteiger partial charge in [-0.15, -0.1) is 0 Å². The third-order valence-electron chi connectivity index (χ3n) is 5.63. The maximum Gasteiger partial charge on any atom is 0.330 e. The van der Waals surface area contributed by atoms with Crippen molar-refractivity contribution in [1.29, 1.82) is 0 Å². The molecule has 1 unspecified atom stereocenters. The second-order valence-corrected chi connectivity index (χ2v) is 9.58. The van der Waals surface area contributed by atoms with Gasteiger partial charge in [-0.1, -0.05) is 73.7 Å². The monoisotopic (exact) mass is 478 g/mol. The van der Waals surface area contributed by atoms with E-state index >= 15 is 0 Å². The number of Topliss-reactive ketones (excluding diaryl/α,β-unsaturated/α-hetero) is 1. The second kappa shape index (κ2) is 10.0. The molecule has 176 valence electrons. The van der Waals surface area contributed by atoms with Crippen molar-refractivity contribution < 1.29 is 23.1 Å². The molecule has 8 heteroatoms. The van der Waals surface area contributed by atoms with Gasteiger partial charge in [-0.3, -0.25) is 4.79 Å². The predicted octanol–water partition coefficient (Wildman–Crippen LogP) is 4.73. The largest absolute Gasteiger partial charge is 0.493 e. The highest BCUT2D eigenvalue weighted by Gasteiger charge is 2.31. The molecule has 7 nitrogen and oxygen atoms in total. The molecule has 2 N–H and O–H groups in total. The van der Waals surface area contributed by atoms with Gasteiger partial charge in [-0.2, -0.15) is 8.42 Å². The van der Waals surface area contributed by atoms with Crippen molar-refractivity contribution in [2.75, 3.05) is 4.31 Å². The van der Waals surface area contributed by atoms with Crippen LogP contribution in [-0.2, 0) is 23.2 Å². The maximum atomic E-state index is 13.0. The lowest BCUT2D eigenvalue weighted by molar-refractivity contribution is 0.0916. The fourth-order valence-corrected chi connectivity index (χ4v) is 4.91. The Morgan fingerprint density at radius 3 is 2.29 bits per heavy atom. The average molecular weight is 479 g/mol. The van der Waals surface area contributed by atoms with Crippen LogP contribution in [0.1, 0.15) is 34.8 Å². The Balaban J connectivity index is 1.64. The van der Waals surface area contributed by atoms with Crippen LogP contribution >= 0.6 is 0 Å². The summed E-state index contributed by atoms with van der Waals surface area (Å²) in [6.07, 6.45) is 2.24. The van der Waals surface area contributed by atoms with Gasteiger partial charge in [-0.25, -0.2) is 9.03 Å². The van der Waals surface area contributed by atoms with Gasteiger partial charge in [-0.05, 0) is 36.1 Å². The lowest BCUT2D eigenvalue weighted by Gasteiger charge is -2.20. The molecule has 4 rings (SSSR count). The standard InChI is InChI=1S/C26H26N2O5S/c1-2-21(26(30)22-11-7-4-8-12-22)15-20-13-14-23(28-17-25(29)27-34(28,31)32)24(16-20)33-18-19-9-5-3-6-10-19/h3-14,16-17,21,27,29H,2,15,18H2,1H3. The summed E-state index contributed by atoms with van der Waals surface area (Å²) in [5.74, 6) is -0.299. The van der Waals surface area contributed by atoms with Gasteiger partial charge in [0.1, 0.15) is 18.0 Å². The minimum atomic E-state index is -3.98. The van der Waals surface area contributed by atoms with Gasteiger partial charge in [0.25, 0.3) is 0 Å². The summed E-state index contributed by atoms with van der Waals surface area (Å²) >= 11 is 0. The van der Waals surface area contributed by atoms with Gasteiger partial charge < -0.3 is 9.84 Å². The number of benzene rings is 3. The zero-order valence-corrected chi connectivity index (χ0v) is 19.5. The highest BCUT2D eigenvalue weighted by atomic mass is 32.2. The molecule has 0 aromatic heterocycles. The highest BCUT2D eigenvalue weighted by molar-refractivity contribution is 7.91. The minimum Gasteiger partial charge on any atom is -0.493 e. The second-order valence-electron chi connectivity index (χ2n) is 8.03. The minimum absolute atomic E-state index is 0.0677. The molecule has 0 aliphatic carbocycles. The third kappa shape index (κ3) is 5.23. The molecule has 1 aliphatic heterocycles. The molecule has 0 saturated heterocycles. The topological polar surface area (TPSA) is 95.9 Å². The van der Waals surface area contributed by atoms with Crippen molar-refractivity contribution in [3.63, 3.8) is 0 Å². The first-order valence-electron chi connectivity index (χ1n) is 11.0. The number of hydrogen-bond acceptors (Lipinski definition) is 5. The van der Waals surface area contributed by atoms with E-state index in [1.54, 1.807) is 18.2 Å². The first-order valence-corrected chi connectivity index (χ1v) is 12.4. The van der Waals surface area contributed by atoms with Crippen LogP contribution in [0.15, 0.2) is 90.9 Å². The number of aliphatic hydroxyl groups excluding tert-OH is 1. The molecule has 0 radical (unpaired) electrons. The number of aliphatic hydroxyl groups is 1. The van der Waals surface area contributed by atoms with E-state index in [1.807, 2.05) is 72.3 Å². The number of anilines is 1. The van der Waals surface area contributed by atoms with Crippen molar-refractivity contribution in [3.05, 3.63) is 108 Å². The number of carbonyl (C=O) groups excluding carboxylic acids is 1. The van der Waals surface area contributed by atoms with Crippen LogP contribution in [-0.4, -0.2) is 19.3 Å². The van der Waals surface area contributed by atoms with Gasteiger partial charge >= 0.3 is 10.2 Å². The molecule has 0 bridgehead atoms. The van der Waals surface area contributed by atoms with Crippen molar-refractivity contribution in [2.24, 2.45) is 5.92 Å². The van der Waals surface area contributed by atoms with E-state index in [-0.39, 0.29) is 24.0 Å². The zero-order chi connectivity index (χ0) is 24.1. The van der Waals surface area contributed by atoms with Crippen LogP contribution in [0.4, 0.5) is 5.69 Å². The lowest BCUT2D eigenvalue weighted by atomic mass is 9.89. The van der Waals surface area contributed by atoms with Crippen molar-refractivity contribution in [3.8, 4) is 5.75 Å².